The van der Waals surface area contributed by atoms with Gasteiger partial charge < -0.3 is 14.8 Å². The van der Waals surface area contributed by atoms with Crippen LogP contribution in [0.2, 0.25) is 0 Å². The average Bonchev–Trinajstić information content (AvgIpc) is 2.52. The summed E-state index contributed by atoms with van der Waals surface area (Å²) in [5.74, 6) is -2.59. The number of anilines is 1. The molecular weight excluding hydrogens is 253 g/mol. The first-order valence-electron chi connectivity index (χ1n) is 4.67. The zero-order valence-corrected chi connectivity index (χ0v) is 8.67. The van der Waals surface area contributed by atoms with E-state index in [-0.39, 0.29) is 5.69 Å². The van der Waals surface area contributed by atoms with E-state index < -0.39 is 35.9 Å². The number of halogens is 3. The minimum atomic E-state index is -3.86. The Morgan fingerprint density at radius 2 is 2.00 bits per heavy atom. The lowest BCUT2D eigenvalue weighted by Crippen LogP contribution is -2.25. The van der Waals surface area contributed by atoms with Gasteiger partial charge >= 0.3 is 6.29 Å². The van der Waals surface area contributed by atoms with E-state index in [1.807, 2.05) is 0 Å². The smallest absolute Gasteiger partial charge is 0.395 e. The van der Waals surface area contributed by atoms with Crippen LogP contribution in [-0.2, 0) is 4.79 Å². The number of benzene rings is 1. The topological polar surface area (TPSA) is 71.4 Å². The lowest BCUT2D eigenvalue weighted by Gasteiger charge is -2.05. The predicted octanol–water partition coefficient (Wildman–Crippen LogP) is 2.00. The van der Waals surface area contributed by atoms with Gasteiger partial charge in [-0.05, 0) is 0 Å². The van der Waals surface area contributed by atoms with E-state index >= 15 is 0 Å². The van der Waals surface area contributed by atoms with Crippen molar-refractivity contribution in [2.24, 2.45) is 0 Å². The molecule has 18 heavy (non-hydrogen) atoms. The van der Waals surface area contributed by atoms with Crippen LogP contribution in [0.15, 0.2) is 12.1 Å². The van der Waals surface area contributed by atoms with Crippen molar-refractivity contribution in [1.82, 2.24) is 0 Å². The molecular formula is C10H5F3N2O3. The molecule has 1 N–H and O–H groups in total. The van der Waals surface area contributed by atoms with Gasteiger partial charge in [0.15, 0.2) is 17.3 Å². The van der Waals surface area contributed by atoms with E-state index in [0.29, 0.717) is 6.07 Å². The highest BCUT2D eigenvalue weighted by Crippen LogP contribution is 2.43. The van der Waals surface area contributed by atoms with Crippen LogP contribution in [0.1, 0.15) is 6.42 Å². The van der Waals surface area contributed by atoms with Crippen LogP contribution in [0, 0.1) is 17.1 Å². The van der Waals surface area contributed by atoms with Crippen molar-refractivity contribution in [1.29, 1.82) is 5.26 Å². The van der Waals surface area contributed by atoms with E-state index in [0.717, 1.165) is 6.07 Å². The van der Waals surface area contributed by atoms with Crippen LogP contribution < -0.4 is 14.8 Å². The second-order valence-corrected chi connectivity index (χ2v) is 3.33. The van der Waals surface area contributed by atoms with Gasteiger partial charge in [0.05, 0.1) is 11.8 Å². The summed E-state index contributed by atoms with van der Waals surface area (Å²) in [6, 6.07) is 3.09. The highest BCUT2D eigenvalue weighted by atomic mass is 19.3. The number of ether oxygens (including phenoxy) is 2. The van der Waals surface area contributed by atoms with Crippen molar-refractivity contribution in [3.63, 3.8) is 0 Å². The lowest BCUT2D eigenvalue weighted by atomic mass is 10.2. The number of carbonyl (C=O) groups is 1. The Bertz CT molecular complexity index is 554. The fourth-order valence-electron chi connectivity index (χ4n) is 1.33. The number of rotatable bonds is 2. The molecule has 0 fully saturated rings. The largest absolute Gasteiger partial charge is 0.586 e. The van der Waals surface area contributed by atoms with Gasteiger partial charge in [-0.15, -0.1) is 8.78 Å². The normalized spacial score (nSPS) is 15.0. The predicted molar refractivity (Wildman–Crippen MR) is 51.5 cm³/mol. The van der Waals surface area contributed by atoms with Crippen LogP contribution in [0.3, 0.4) is 0 Å². The summed E-state index contributed by atoms with van der Waals surface area (Å²) in [4.78, 5) is 11.1. The third kappa shape index (κ3) is 2.29. The molecule has 1 amide bonds. The minimum absolute atomic E-state index is 0.365. The van der Waals surface area contributed by atoms with Gasteiger partial charge in [-0.3, -0.25) is 4.79 Å². The molecule has 0 bridgehead atoms. The zero-order chi connectivity index (χ0) is 13.3. The van der Waals surface area contributed by atoms with Crippen molar-refractivity contribution >= 4 is 11.6 Å². The summed E-state index contributed by atoms with van der Waals surface area (Å²) < 4.78 is 46.9. The molecule has 1 aromatic rings. The molecule has 1 heterocycles. The van der Waals surface area contributed by atoms with Gasteiger partial charge in [-0.2, -0.15) is 5.26 Å². The van der Waals surface area contributed by atoms with Gasteiger partial charge in [0, 0.05) is 12.1 Å². The van der Waals surface area contributed by atoms with Gasteiger partial charge in [0.2, 0.25) is 5.91 Å². The molecule has 1 aliphatic heterocycles. The molecule has 0 aliphatic carbocycles. The summed E-state index contributed by atoms with van der Waals surface area (Å²) >= 11 is 0. The number of nitriles is 1. The molecule has 0 spiro atoms. The minimum Gasteiger partial charge on any atom is -0.395 e. The third-order valence-corrected chi connectivity index (χ3v) is 2.00. The molecule has 0 aromatic heterocycles. The number of carbonyl (C=O) groups excluding carboxylic acids is 1. The van der Waals surface area contributed by atoms with Crippen molar-refractivity contribution in [2.45, 2.75) is 12.7 Å². The first kappa shape index (κ1) is 12.0. The Balaban J connectivity index is 2.25. The Hall–Kier alpha value is -2.43. The van der Waals surface area contributed by atoms with Crippen molar-refractivity contribution in [3.8, 4) is 17.6 Å². The monoisotopic (exact) mass is 258 g/mol. The quantitative estimate of drug-likeness (QED) is 0.880. The van der Waals surface area contributed by atoms with E-state index in [2.05, 4.69) is 14.8 Å². The number of hydrogen-bond acceptors (Lipinski definition) is 4. The number of alkyl halides is 2. The molecule has 0 saturated carbocycles. The van der Waals surface area contributed by atoms with Crippen LogP contribution in [0.5, 0.6) is 11.5 Å². The number of nitrogens with zero attached hydrogens (tertiary/aromatic N) is 1. The Labute approximate surface area is 98.7 Å². The van der Waals surface area contributed by atoms with Gasteiger partial charge in [0.25, 0.3) is 0 Å². The van der Waals surface area contributed by atoms with E-state index in [1.165, 1.54) is 0 Å². The fourth-order valence-corrected chi connectivity index (χ4v) is 1.33. The SMILES string of the molecule is N#CCC(=O)Nc1cc2c(cc1F)OC(F)(F)O2. The molecule has 8 heteroatoms. The molecule has 94 valence electrons. The standard InChI is InChI=1S/C10H5F3N2O3/c11-5-3-7-8(18-10(12,13)17-7)4-6(5)15-9(16)1-2-14/h3-4H,1H2,(H,15,16). The Morgan fingerprint density at radius 3 is 2.61 bits per heavy atom. The molecule has 0 radical (unpaired) electrons. The van der Waals surface area contributed by atoms with Crippen LogP contribution >= 0.6 is 0 Å². The van der Waals surface area contributed by atoms with E-state index in [1.54, 1.807) is 6.07 Å². The molecule has 1 aromatic carbocycles. The van der Waals surface area contributed by atoms with E-state index in [4.69, 9.17) is 5.26 Å². The summed E-state index contributed by atoms with van der Waals surface area (Å²) in [7, 11) is 0. The maximum atomic E-state index is 13.4. The van der Waals surface area contributed by atoms with Gasteiger partial charge in [0.1, 0.15) is 6.42 Å². The van der Waals surface area contributed by atoms with Crippen molar-refractivity contribution in [3.05, 3.63) is 17.9 Å². The van der Waals surface area contributed by atoms with Gasteiger partial charge in [-0.25, -0.2) is 4.39 Å². The molecule has 2 rings (SSSR count). The summed E-state index contributed by atoms with van der Waals surface area (Å²) in [6.45, 7) is 0. The molecule has 1 aliphatic rings. The van der Waals surface area contributed by atoms with Crippen LogP contribution in [0.25, 0.3) is 0 Å². The third-order valence-electron chi connectivity index (χ3n) is 2.00. The number of hydrogen-bond donors (Lipinski definition) is 1. The van der Waals surface area contributed by atoms with E-state index in [9.17, 15) is 18.0 Å². The highest BCUT2D eigenvalue weighted by Gasteiger charge is 2.44. The van der Waals surface area contributed by atoms with Crippen LogP contribution in [0.4, 0.5) is 18.9 Å². The number of nitrogens with one attached hydrogen (secondary N) is 1. The average molecular weight is 258 g/mol. The summed E-state index contributed by atoms with van der Waals surface area (Å²) in [5.41, 5.74) is -0.365. The summed E-state index contributed by atoms with van der Waals surface area (Å²) in [6.07, 6.45) is -4.34. The Morgan fingerprint density at radius 1 is 1.39 bits per heavy atom. The highest BCUT2D eigenvalue weighted by molar-refractivity contribution is 5.92. The first-order valence-corrected chi connectivity index (χ1v) is 4.67. The fraction of sp³-hybridized carbons (Fsp3) is 0.200. The van der Waals surface area contributed by atoms with Crippen LogP contribution in [-0.4, -0.2) is 12.2 Å². The van der Waals surface area contributed by atoms with Gasteiger partial charge in [-0.1, -0.05) is 0 Å². The molecule has 0 unspecified atom stereocenters. The Kier molecular flexibility index (Phi) is 2.74. The zero-order valence-electron chi connectivity index (χ0n) is 8.67. The second-order valence-electron chi connectivity index (χ2n) is 3.33. The maximum absolute atomic E-state index is 13.4. The number of amides is 1. The maximum Gasteiger partial charge on any atom is 0.586 e. The molecule has 0 saturated heterocycles. The first-order chi connectivity index (χ1) is 8.41. The number of fused-ring (bicyclic) bond motifs is 1. The van der Waals surface area contributed by atoms with Crippen molar-refractivity contribution in [2.75, 3.05) is 5.32 Å². The molecule has 0 atom stereocenters. The summed E-state index contributed by atoms with van der Waals surface area (Å²) in [5, 5.41) is 10.3. The lowest BCUT2D eigenvalue weighted by molar-refractivity contribution is -0.286. The van der Waals surface area contributed by atoms with Crippen molar-refractivity contribution < 1.29 is 27.4 Å². The molecule has 5 nitrogen and oxygen atoms in total. The second kappa shape index (κ2) is 4.10.